The second-order valence-electron chi connectivity index (χ2n) is 3.83. The molecule has 0 bridgehead atoms. The standard InChI is InChI=1S/C13H23N3O2/c1-3-17-9-7-16(8-10-18-4-2)13-11-12(14)5-6-15-13/h5-6,11H,3-4,7-10H2,1-2H3,(H2,14,15). The lowest BCUT2D eigenvalue weighted by Crippen LogP contribution is -2.31. The Bertz CT molecular complexity index is 324. The number of aromatic nitrogens is 1. The first-order valence-electron chi connectivity index (χ1n) is 6.39. The fourth-order valence-electron chi connectivity index (χ4n) is 1.59. The van der Waals surface area contributed by atoms with Gasteiger partial charge in [-0.15, -0.1) is 0 Å². The highest BCUT2D eigenvalue weighted by Crippen LogP contribution is 2.13. The maximum Gasteiger partial charge on any atom is 0.130 e. The Hall–Kier alpha value is -1.33. The van der Waals surface area contributed by atoms with Crippen LogP contribution in [0.5, 0.6) is 0 Å². The molecule has 18 heavy (non-hydrogen) atoms. The molecule has 0 aliphatic rings. The van der Waals surface area contributed by atoms with Crippen LogP contribution in [0.15, 0.2) is 18.3 Å². The predicted octanol–water partition coefficient (Wildman–Crippen LogP) is 1.54. The van der Waals surface area contributed by atoms with Crippen molar-refractivity contribution in [1.82, 2.24) is 4.98 Å². The molecule has 0 radical (unpaired) electrons. The van der Waals surface area contributed by atoms with Crippen molar-refractivity contribution in [3.8, 4) is 0 Å². The number of hydrogen-bond acceptors (Lipinski definition) is 5. The Balaban J connectivity index is 2.57. The van der Waals surface area contributed by atoms with E-state index < -0.39 is 0 Å². The summed E-state index contributed by atoms with van der Waals surface area (Å²) in [5.74, 6) is 0.870. The Morgan fingerprint density at radius 1 is 1.17 bits per heavy atom. The van der Waals surface area contributed by atoms with Crippen LogP contribution in [0.1, 0.15) is 13.8 Å². The van der Waals surface area contributed by atoms with E-state index in [0.29, 0.717) is 13.2 Å². The van der Waals surface area contributed by atoms with Gasteiger partial charge in [0, 0.05) is 44.3 Å². The molecule has 1 rings (SSSR count). The summed E-state index contributed by atoms with van der Waals surface area (Å²) in [4.78, 5) is 6.46. The smallest absolute Gasteiger partial charge is 0.130 e. The number of nitrogens with two attached hydrogens (primary N) is 1. The average Bonchev–Trinajstić information content (AvgIpc) is 2.37. The molecule has 5 nitrogen and oxygen atoms in total. The van der Waals surface area contributed by atoms with E-state index in [1.807, 2.05) is 19.9 Å². The minimum atomic E-state index is 0.680. The summed E-state index contributed by atoms with van der Waals surface area (Å²) in [6, 6.07) is 3.66. The fourth-order valence-corrected chi connectivity index (χ4v) is 1.59. The number of pyridine rings is 1. The normalized spacial score (nSPS) is 10.6. The van der Waals surface area contributed by atoms with Crippen LogP contribution in [0.3, 0.4) is 0 Å². The number of nitrogens with zero attached hydrogens (tertiary/aromatic N) is 2. The maximum absolute atomic E-state index is 5.78. The summed E-state index contributed by atoms with van der Waals surface area (Å²) in [6.45, 7) is 8.37. The SMILES string of the molecule is CCOCCN(CCOCC)c1cc(N)ccn1. The van der Waals surface area contributed by atoms with Crippen LogP contribution in [-0.2, 0) is 9.47 Å². The topological polar surface area (TPSA) is 60.6 Å². The molecule has 0 aromatic carbocycles. The first-order chi connectivity index (χ1) is 8.77. The molecular formula is C13H23N3O2. The minimum Gasteiger partial charge on any atom is -0.399 e. The molecule has 1 aromatic rings. The molecule has 0 fully saturated rings. The van der Waals surface area contributed by atoms with E-state index in [1.165, 1.54) is 0 Å². The van der Waals surface area contributed by atoms with Gasteiger partial charge < -0.3 is 20.1 Å². The molecule has 0 saturated heterocycles. The van der Waals surface area contributed by atoms with E-state index in [-0.39, 0.29) is 0 Å². The molecule has 0 aliphatic carbocycles. The van der Waals surface area contributed by atoms with Crippen molar-refractivity contribution in [2.45, 2.75) is 13.8 Å². The van der Waals surface area contributed by atoms with Crippen molar-refractivity contribution in [3.05, 3.63) is 18.3 Å². The zero-order chi connectivity index (χ0) is 13.2. The molecule has 1 heterocycles. The van der Waals surface area contributed by atoms with Crippen LogP contribution in [0, 0.1) is 0 Å². The van der Waals surface area contributed by atoms with Gasteiger partial charge in [-0.2, -0.15) is 0 Å². The van der Waals surface area contributed by atoms with E-state index >= 15 is 0 Å². The third-order valence-corrected chi connectivity index (χ3v) is 2.51. The van der Waals surface area contributed by atoms with Crippen molar-refractivity contribution in [2.24, 2.45) is 0 Å². The van der Waals surface area contributed by atoms with Gasteiger partial charge in [-0.25, -0.2) is 4.98 Å². The number of rotatable bonds is 9. The van der Waals surface area contributed by atoms with E-state index in [0.717, 1.165) is 37.8 Å². The summed E-state index contributed by atoms with van der Waals surface area (Å²) in [5, 5.41) is 0. The van der Waals surface area contributed by atoms with Crippen LogP contribution in [0.4, 0.5) is 11.5 Å². The fraction of sp³-hybridized carbons (Fsp3) is 0.615. The van der Waals surface area contributed by atoms with Gasteiger partial charge in [0.1, 0.15) is 5.82 Å². The maximum atomic E-state index is 5.78. The Labute approximate surface area is 109 Å². The molecule has 5 heteroatoms. The highest BCUT2D eigenvalue weighted by Gasteiger charge is 2.07. The lowest BCUT2D eigenvalue weighted by Gasteiger charge is -2.23. The van der Waals surface area contributed by atoms with Crippen molar-refractivity contribution < 1.29 is 9.47 Å². The second kappa shape index (κ2) is 8.72. The summed E-state index contributed by atoms with van der Waals surface area (Å²) < 4.78 is 10.8. The van der Waals surface area contributed by atoms with E-state index in [9.17, 15) is 0 Å². The van der Waals surface area contributed by atoms with E-state index in [4.69, 9.17) is 15.2 Å². The monoisotopic (exact) mass is 253 g/mol. The largest absolute Gasteiger partial charge is 0.399 e. The van der Waals surface area contributed by atoms with Crippen LogP contribution < -0.4 is 10.6 Å². The summed E-state index contributed by atoms with van der Waals surface area (Å²) in [7, 11) is 0. The van der Waals surface area contributed by atoms with Gasteiger partial charge in [0.05, 0.1) is 13.2 Å². The van der Waals surface area contributed by atoms with Crippen LogP contribution in [0.25, 0.3) is 0 Å². The first-order valence-corrected chi connectivity index (χ1v) is 6.39. The third-order valence-electron chi connectivity index (χ3n) is 2.51. The molecule has 102 valence electrons. The summed E-state index contributed by atoms with van der Waals surface area (Å²) in [6.07, 6.45) is 1.72. The molecule has 0 amide bonds. The van der Waals surface area contributed by atoms with Gasteiger partial charge in [0.25, 0.3) is 0 Å². The summed E-state index contributed by atoms with van der Waals surface area (Å²) >= 11 is 0. The molecule has 0 spiro atoms. The molecule has 0 saturated carbocycles. The van der Waals surface area contributed by atoms with Crippen molar-refractivity contribution in [3.63, 3.8) is 0 Å². The van der Waals surface area contributed by atoms with Gasteiger partial charge in [0.15, 0.2) is 0 Å². The van der Waals surface area contributed by atoms with E-state index in [2.05, 4.69) is 9.88 Å². The highest BCUT2D eigenvalue weighted by atomic mass is 16.5. The van der Waals surface area contributed by atoms with Gasteiger partial charge in [-0.1, -0.05) is 0 Å². The number of ether oxygens (including phenoxy) is 2. The number of anilines is 2. The van der Waals surface area contributed by atoms with Gasteiger partial charge >= 0.3 is 0 Å². The van der Waals surface area contributed by atoms with Crippen LogP contribution in [-0.4, -0.2) is 44.5 Å². The number of nitrogen functional groups attached to an aromatic ring is 1. The van der Waals surface area contributed by atoms with Gasteiger partial charge in [-0.3, -0.25) is 0 Å². The third kappa shape index (κ3) is 5.33. The first kappa shape index (κ1) is 14.7. The highest BCUT2D eigenvalue weighted by molar-refractivity contribution is 5.50. The van der Waals surface area contributed by atoms with Crippen LogP contribution in [0.2, 0.25) is 0 Å². The molecule has 0 unspecified atom stereocenters. The zero-order valence-corrected chi connectivity index (χ0v) is 11.3. The average molecular weight is 253 g/mol. The Morgan fingerprint density at radius 2 is 1.78 bits per heavy atom. The van der Waals surface area contributed by atoms with Crippen molar-refractivity contribution >= 4 is 11.5 Å². The summed E-state index contributed by atoms with van der Waals surface area (Å²) in [5.41, 5.74) is 6.50. The molecular weight excluding hydrogens is 230 g/mol. The Kier molecular flexibility index (Phi) is 7.13. The number of hydrogen-bond donors (Lipinski definition) is 1. The lowest BCUT2D eigenvalue weighted by molar-refractivity contribution is 0.141. The van der Waals surface area contributed by atoms with Gasteiger partial charge in [0.2, 0.25) is 0 Å². The minimum absolute atomic E-state index is 0.680. The van der Waals surface area contributed by atoms with Gasteiger partial charge in [-0.05, 0) is 19.9 Å². The molecule has 0 atom stereocenters. The molecule has 0 aliphatic heterocycles. The Morgan fingerprint density at radius 3 is 2.28 bits per heavy atom. The molecule has 1 aromatic heterocycles. The van der Waals surface area contributed by atoms with E-state index in [1.54, 1.807) is 12.3 Å². The van der Waals surface area contributed by atoms with Crippen molar-refractivity contribution in [1.29, 1.82) is 0 Å². The zero-order valence-electron chi connectivity index (χ0n) is 11.3. The van der Waals surface area contributed by atoms with Crippen molar-refractivity contribution in [2.75, 3.05) is 50.2 Å². The predicted molar refractivity (Wildman–Crippen MR) is 73.8 cm³/mol. The lowest BCUT2D eigenvalue weighted by atomic mass is 10.3. The van der Waals surface area contributed by atoms with Crippen LogP contribution >= 0.6 is 0 Å². The molecule has 2 N–H and O–H groups in total. The quantitative estimate of drug-likeness (QED) is 0.676. The second-order valence-corrected chi connectivity index (χ2v) is 3.83.